The molecular weight excluding hydrogens is 334 g/mol. The lowest BCUT2D eigenvalue weighted by Crippen LogP contribution is -2.43. The Morgan fingerprint density at radius 3 is 2.62 bits per heavy atom. The number of amides is 1. The van der Waals surface area contributed by atoms with Crippen LogP contribution in [0, 0.1) is 5.41 Å². The number of nitrogens with one attached hydrogen (secondary N) is 1. The average molecular weight is 357 g/mol. The van der Waals surface area contributed by atoms with Crippen molar-refractivity contribution in [2.24, 2.45) is 5.41 Å². The van der Waals surface area contributed by atoms with E-state index in [-0.39, 0.29) is 11.5 Å². The van der Waals surface area contributed by atoms with E-state index in [0.717, 1.165) is 28.2 Å². The van der Waals surface area contributed by atoms with E-state index in [0.29, 0.717) is 12.4 Å². The van der Waals surface area contributed by atoms with Gasteiger partial charge in [-0.15, -0.1) is 0 Å². The maximum atomic E-state index is 11.2. The molecule has 3 rings (SSSR count). The highest BCUT2D eigenvalue weighted by Gasteiger charge is 2.38. The monoisotopic (exact) mass is 357 g/mol. The largest absolute Gasteiger partial charge is 0.497 e. The molecule has 2 N–H and O–H groups in total. The van der Waals surface area contributed by atoms with Crippen molar-refractivity contribution in [3.05, 3.63) is 42.0 Å². The first-order valence-corrected chi connectivity index (χ1v) is 8.34. The van der Waals surface area contributed by atoms with E-state index in [2.05, 4.69) is 5.32 Å². The van der Waals surface area contributed by atoms with Crippen LogP contribution in [0.5, 0.6) is 17.2 Å². The highest BCUT2D eigenvalue weighted by Crippen LogP contribution is 2.45. The minimum Gasteiger partial charge on any atom is -0.497 e. The molecule has 2 aromatic rings. The van der Waals surface area contributed by atoms with Crippen LogP contribution >= 0.6 is 0 Å². The number of ether oxygens (including phenoxy) is 3. The van der Waals surface area contributed by atoms with E-state index in [4.69, 9.17) is 14.2 Å². The van der Waals surface area contributed by atoms with Gasteiger partial charge in [0.05, 0.1) is 26.9 Å². The van der Waals surface area contributed by atoms with Gasteiger partial charge in [0.2, 0.25) is 0 Å². The second-order valence-electron chi connectivity index (χ2n) is 6.98. The summed E-state index contributed by atoms with van der Waals surface area (Å²) < 4.78 is 16.7. The van der Waals surface area contributed by atoms with Gasteiger partial charge in [0.1, 0.15) is 17.2 Å². The van der Waals surface area contributed by atoms with Crippen molar-refractivity contribution in [2.45, 2.75) is 19.9 Å². The van der Waals surface area contributed by atoms with E-state index in [1.165, 1.54) is 0 Å². The smallest absolute Gasteiger partial charge is 0.405 e. The van der Waals surface area contributed by atoms with Gasteiger partial charge in [0.25, 0.3) is 0 Å². The molecule has 0 saturated heterocycles. The molecule has 0 fully saturated rings. The number of rotatable bonds is 4. The molecule has 1 unspecified atom stereocenters. The molecular formula is C20H23NO5. The lowest BCUT2D eigenvalue weighted by Gasteiger charge is -2.39. The molecule has 1 atom stereocenters. The number of hydrogen-bond donors (Lipinski definition) is 2. The van der Waals surface area contributed by atoms with Crippen LogP contribution in [0.4, 0.5) is 4.79 Å². The number of fused-ring (bicyclic) bond motifs is 1. The Morgan fingerprint density at radius 2 is 1.96 bits per heavy atom. The number of benzene rings is 2. The second kappa shape index (κ2) is 6.78. The van der Waals surface area contributed by atoms with Crippen LogP contribution in [-0.2, 0) is 0 Å². The number of hydrogen-bond acceptors (Lipinski definition) is 4. The van der Waals surface area contributed by atoms with Gasteiger partial charge in [-0.25, -0.2) is 4.79 Å². The molecule has 2 aromatic carbocycles. The minimum absolute atomic E-state index is 0.343. The summed E-state index contributed by atoms with van der Waals surface area (Å²) in [6, 6.07) is 11.0. The maximum Gasteiger partial charge on any atom is 0.405 e. The molecule has 26 heavy (non-hydrogen) atoms. The van der Waals surface area contributed by atoms with Crippen LogP contribution in [-0.4, -0.2) is 32.0 Å². The van der Waals surface area contributed by atoms with Gasteiger partial charge in [-0.05, 0) is 29.8 Å². The van der Waals surface area contributed by atoms with Gasteiger partial charge in [0, 0.05) is 16.5 Å². The van der Waals surface area contributed by atoms with E-state index in [1.807, 2.05) is 50.2 Å². The molecule has 1 aliphatic rings. The Labute approximate surface area is 152 Å². The fourth-order valence-electron chi connectivity index (χ4n) is 3.27. The minimum atomic E-state index is -1.05. The predicted molar refractivity (Wildman–Crippen MR) is 98.2 cm³/mol. The first-order valence-electron chi connectivity index (χ1n) is 8.34. The second-order valence-corrected chi connectivity index (χ2v) is 6.98. The summed E-state index contributed by atoms with van der Waals surface area (Å²) >= 11 is 0. The Balaban J connectivity index is 2.06. The lowest BCUT2D eigenvalue weighted by atomic mass is 9.78. The fourth-order valence-corrected chi connectivity index (χ4v) is 3.27. The molecule has 0 aliphatic carbocycles. The average Bonchev–Trinajstić information content (AvgIpc) is 2.63. The van der Waals surface area contributed by atoms with E-state index < -0.39 is 6.09 Å². The van der Waals surface area contributed by atoms with Crippen molar-refractivity contribution in [3.63, 3.8) is 0 Å². The molecule has 0 bridgehead atoms. The summed E-state index contributed by atoms with van der Waals surface area (Å²) in [6.45, 7) is 4.38. The number of carboxylic acid groups (broad SMARTS) is 1. The molecule has 0 aromatic heterocycles. The van der Waals surface area contributed by atoms with Crippen molar-refractivity contribution < 1.29 is 24.1 Å². The van der Waals surface area contributed by atoms with E-state index >= 15 is 0 Å². The molecule has 1 heterocycles. The standard InChI is InChI=1S/C20H23NO5/c1-20(2)11-26-17-9-12(5-7-14(17)18(20)21-19(22)23)15-10-13(24-3)6-8-16(15)25-4/h5-10,18,21H,11H2,1-4H3,(H,22,23). The first-order chi connectivity index (χ1) is 12.4. The van der Waals surface area contributed by atoms with Crippen molar-refractivity contribution >= 4 is 6.09 Å². The van der Waals surface area contributed by atoms with Gasteiger partial charge in [-0.1, -0.05) is 26.0 Å². The molecule has 0 saturated carbocycles. The molecule has 6 nitrogen and oxygen atoms in total. The molecule has 1 amide bonds. The Morgan fingerprint density at radius 1 is 1.19 bits per heavy atom. The third-order valence-electron chi connectivity index (χ3n) is 4.69. The summed E-state index contributed by atoms with van der Waals surface area (Å²) in [7, 11) is 3.24. The Hall–Kier alpha value is -2.89. The zero-order chi connectivity index (χ0) is 18.9. The number of methoxy groups -OCH3 is 2. The highest BCUT2D eigenvalue weighted by molar-refractivity contribution is 5.74. The quantitative estimate of drug-likeness (QED) is 0.861. The van der Waals surface area contributed by atoms with Crippen LogP contribution in [0.3, 0.4) is 0 Å². The van der Waals surface area contributed by atoms with Crippen LogP contribution in [0.2, 0.25) is 0 Å². The van der Waals surface area contributed by atoms with Crippen molar-refractivity contribution in [1.82, 2.24) is 5.32 Å². The fraction of sp³-hybridized carbons (Fsp3) is 0.350. The summed E-state index contributed by atoms with van der Waals surface area (Å²) in [4.78, 5) is 11.2. The SMILES string of the molecule is COc1ccc(OC)c(-c2ccc3c(c2)OCC(C)(C)C3NC(=O)O)c1. The van der Waals surface area contributed by atoms with E-state index in [1.54, 1.807) is 14.2 Å². The normalized spacial score (nSPS) is 17.6. The highest BCUT2D eigenvalue weighted by atomic mass is 16.5. The summed E-state index contributed by atoms with van der Waals surface area (Å²) in [5, 5.41) is 11.8. The van der Waals surface area contributed by atoms with Crippen LogP contribution < -0.4 is 19.5 Å². The van der Waals surface area contributed by atoms with Gasteiger partial charge < -0.3 is 24.6 Å². The van der Waals surface area contributed by atoms with Crippen molar-refractivity contribution in [3.8, 4) is 28.4 Å². The third-order valence-corrected chi connectivity index (χ3v) is 4.69. The lowest BCUT2D eigenvalue weighted by molar-refractivity contribution is 0.0996. The molecule has 0 spiro atoms. The van der Waals surface area contributed by atoms with Gasteiger partial charge >= 0.3 is 6.09 Å². The Kier molecular flexibility index (Phi) is 4.68. The van der Waals surface area contributed by atoms with Crippen LogP contribution in [0.15, 0.2) is 36.4 Å². The molecule has 1 aliphatic heterocycles. The van der Waals surface area contributed by atoms with E-state index in [9.17, 15) is 9.90 Å². The first kappa shape index (κ1) is 17.9. The predicted octanol–water partition coefficient (Wildman–Crippen LogP) is 4.10. The van der Waals surface area contributed by atoms with Gasteiger partial charge in [-0.2, -0.15) is 0 Å². The van der Waals surface area contributed by atoms with Gasteiger partial charge in [-0.3, -0.25) is 0 Å². The summed E-state index contributed by atoms with van der Waals surface area (Å²) in [5.74, 6) is 2.12. The zero-order valence-electron chi connectivity index (χ0n) is 15.3. The molecule has 6 heteroatoms. The summed E-state index contributed by atoms with van der Waals surface area (Å²) in [5.41, 5.74) is 2.27. The molecule has 0 radical (unpaired) electrons. The van der Waals surface area contributed by atoms with Crippen molar-refractivity contribution in [1.29, 1.82) is 0 Å². The topological polar surface area (TPSA) is 77.0 Å². The summed E-state index contributed by atoms with van der Waals surface area (Å²) in [6.07, 6.45) is -1.05. The molecule has 138 valence electrons. The third kappa shape index (κ3) is 3.27. The number of carbonyl (C=O) groups is 1. The van der Waals surface area contributed by atoms with Crippen LogP contribution in [0.25, 0.3) is 11.1 Å². The Bertz CT molecular complexity index is 831. The van der Waals surface area contributed by atoms with Crippen LogP contribution in [0.1, 0.15) is 25.5 Å². The zero-order valence-corrected chi connectivity index (χ0v) is 15.3. The van der Waals surface area contributed by atoms with Gasteiger partial charge in [0.15, 0.2) is 0 Å². The maximum absolute atomic E-state index is 11.2. The van der Waals surface area contributed by atoms with Crippen molar-refractivity contribution in [2.75, 3.05) is 20.8 Å².